The van der Waals surface area contributed by atoms with Crippen molar-refractivity contribution in [3.8, 4) is 5.75 Å². The number of nitrogens with one attached hydrogen (secondary N) is 2. The van der Waals surface area contributed by atoms with E-state index in [1.54, 1.807) is 14.2 Å². The molecule has 1 aliphatic rings. The van der Waals surface area contributed by atoms with E-state index in [4.69, 9.17) is 16.3 Å². The summed E-state index contributed by atoms with van der Waals surface area (Å²) in [6.07, 6.45) is 5.04. The second kappa shape index (κ2) is 12.8. The maximum atomic E-state index is 12.1. The molecule has 3 unspecified atom stereocenters. The lowest BCUT2D eigenvalue weighted by atomic mass is 9.95. The Balaban J connectivity index is 0.00000364. The quantitative estimate of drug-likeness (QED) is 0.322. The van der Waals surface area contributed by atoms with Gasteiger partial charge in [-0.25, -0.2) is 0 Å². The van der Waals surface area contributed by atoms with Gasteiger partial charge in [0.2, 0.25) is 0 Å². The molecule has 1 aromatic rings. The molecule has 1 fully saturated rings. The molecule has 154 valence electrons. The van der Waals surface area contributed by atoms with Crippen LogP contribution < -0.4 is 15.4 Å². The topological polar surface area (TPSA) is 62.7 Å². The maximum absolute atomic E-state index is 12.1. The fourth-order valence-corrected chi connectivity index (χ4v) is 4.92. The van der Waals surface area contributed by atoms with Crippen LogP contribution in [0.1, 0.15) is 38.2 Å². The molecule has 0 heterocycles. The first-order valence-electron chi connectivity index (χ1n) is 9.24. The molecule has 2 N–H and O–H groups in total. The molecule has 1 saturated carbocycles. The molecule has 1 aromatic carbocycles. The van der Waals surface area contributed by atoms with Crippen LogP contribution in [0.25, 0.3) is 0 Å². The van der Waals surface area contributed by atoms with E-state index >= 15 is 0 Å². The summed E-state index contributed by atoms with van der Waals surface area (Å²) in [5.41, 5.74) is 1.08. The molecular formula is C19H31ClIN3O2S. The number of hydrogen-bond donors (Lipinski definition) is 2. The Morgan fingerprint density at radius 2 is 2.19 bits per heavy atom. The SMILES string of the molecule is CCS(=O)C1CCCC(NC(=NC)NCCc2ccc(OC)cc2Cl)C1.I. The largest absolute Gasteiger partial charge is 0.497 e. The fourth-order valence-electron chi connectivity index (χ4n) is 3.31. The smallest absolute Gasteiger partial charge is 0.191 e. The number of halogens is 2. The monoisotopic (exact) mass is 527 g/mol. The van der Waals surface area contributed by atoms with Gasteiger partial charge < -0.3 is 15.4 Å². The molecule has 8 heteroatoms. The number of ether oxygens (including phenoxy) is 1. The van der Waals surface area contributed by atoms with Gasteiger partial charge in [0, 0.05) is 46.5 Å². The summed E-state index contributed by atoms with van der Waals surface area (Å²) in [6, 6.07) is 6.08. The zero-order valence-corrected chi connectivity index (χ0v) is 20.2. The van der Waals surface area contributed by atoms with E-state index in [2.05, 4.69) is 15.6 Å². The fraction of sp³-hybridized carbons (Fsp3) is 0.632. The standard InChI is InChI=1S/C19H30ClN3O2S.HI/c1-4-26(24)17-7-5-6-15(12-17)23-19(21-2)22-11-10-14-8-9-16(25-3)13-18(14)20;/h8-9,13,15,17H,4-7,10-12H2,1-3H3,(H2,21,22,23);1H. The highest BCUT2D eigenvalue weighted by Crippen LogP contribution is 2.23. The summed E-state index contributed by atoms with van der Waals surface area (Å²) in [7, 11) is 2.70. The Bertz CT molecular complexity index is 645. The Kier molecular flexibility index (Phi) is 11.6. The lowest BCUT2D eigenvalue weighted by Gasteiger charge is -2.30. The average Bonchev–Trinajstić information content (AvgIpc) is 2.67. The number of benzene rings is 1. The first-order chi connectivity index (χ1) is 12.6. The Morgan fingerprint density at radius 1 is 1.41 bits per heavy atom. The highest BCUT2D eigenvalue weighted by molar-refractivity contribution is 14.0. The van der Waals surface area contributed by atoms with E-state index in [0.29, 0.717) is 16.3 Å². The van der Waals surface area contributed by atoms with E-state index in [-0.39, 0.29) is 24.0 Å². The second-order valence-electron chi connectivity index (χ2n) is 6.51. The number of nitrogens with zero attached hydrogens (tertiary/aromatic N) is 1. The molecule has 5 nitrogen and oxygen atoms in total. The minimum absolute atomic E-state index is 0. The van der Waals surface area contributed by atoms with Crippen LogP contribution in [0.5, 0.6) is 5.75 Å². The molecule has 0 bridgehead atoms. The predicted octanol–water partition coefficient (Wildman–Crippen LogP) is 3.75. The molecule has 27 heavy (non-hydrogen) atoms. The summed E-state index contributed by atoms with van der Waals surface area (Å²) in [6.45, 7) is 2.74. The van der Waals surface area contributed by atoms with Gasteiger partial charge in [-0.3, -0.25) is 9.20 Å². The van der Waals surface area contributed by atoms with Crippen LogP contribution in [0.15, 0.2) is 23.2 Å². The van der Waals surface area contributed by atoms with Gasteiger partial charge in [0.15, 0.2) is 5.96 Å². The van der Waals surface area contributed by atoms with Crippen LogP contribution >= 0.6 is 35.6 Å². The highest BCUT2D eigenvalue weighted by atomic mass is 127. The van der Waals surface area contributed by atoms with Gasteiger partial charge in [-0.1, -0.05) is 31.0 Å². The van der Waals surface area contributed by atoms with Crippen LogP contribution in [0.2, 0.25) is 5.02 Å². The van der Waals surface area contributed by atoms with Crippen LogP contribution in [-0.4, -0.2) is 47.9 Å². The molecule has 0 aliphatic heterocycles. The Labute approximate surface area is 187 Å². The van der Waals surface area contributed by atoms with Gasteiger partial charge >= 0.3 is 0 Å². The molecule has 0 saturated heterocycles. The van der Waals surface area contributed by atoms with E-state index in [0.717, 1.165) is 61.7 Å². The van der Waals surface area contributed by atoms with Gasteiger partial charge in [0.05, 0.1) is 7.11 Å². The molecule has 0 aromatic heterocycles. The minimum Gasteiger partial charge on any atom is -0.497 e. The van der Waals surface area contributed by atoms with Crippen molar-refractivity contribution in [2.45, 2.75) is 50.3 Å². The first-order valence-corrected chi connectivity index (χ1v) is 11.0. The average molecular weight is 528 g/mol. The number of rotatable bonds is 7. The number of guanidine groups is 1. The third kappa shape index (κ3) is 7.77. The summed E-state index contributed by atoms with van der Waals surface area (Å²) in [5, 5.41) is 7.86. The van der Waals surface area contributed by atoms with Gasteiger partial charge in [-0.15, -0.1) is 24.0 Å². The number of hydrogen-bond acceptors (Lipinski definition) is 3. The summed E-state index contributed by atoms with van der Waals surface area (Å²) < 4.78 is 17.3. The summed E-state index contributed by atoms with van der Waals surface area (Å²) in [4.78, 5) is 4.32. The maximum Gasteiger partial charge on any atom is 0.191 e. The van der Waals surface area contributed by atoms with E-state index in [9.17, 15) is 4.21 Å². The van der Waals surface area contributed by atoms with Crippen LogP contribution in [0.4, 0.5) is 0 Å². The van der Waals surface area contributed by atoms with Crippen molar-refractivity contribution < 1.29 is 8.95 Å². The molecule has 0 spiro atoms. The second-order valence-corrected chi connectivity index (χ2v) is 8.92. The van der Waals surface area contributed by atoms with Crippen LogP contribution in [0, 0.1) is 0 Å². The van der Waals surface area contributed by atoms with Crippen molar-refractivity contribution in [2.75, 3.05) is 26.5 Å². The molecule has 1 aliphatic carbocycles. The van der Waals surface area contributed by atoms with E-state index < -0.39 is 10.8 Å². The molecule has 0 radical (unpaired) electrons. The first kappa shape index (κ1) is 24.5. The van der Waals surface area contributed by atoms with Crippen molar-refractivity contribution in [1.29, 1.82) is 0 Å². The third-order valence-corrected chi connectivity index (χ3v) is 6.89. The lowest BCUT2D eigenvalue weighted by molar-refractivity contribution is 0.413. The zero-order chi connectivity index (χ0) is 18.9. The Hall–Kier alpha value is -0.540. The number of methoxy groups -OCH3 is 1. The molecule has 0 amide bonds. The Morgan fingerprint density at radius 3 is 2.81 bits per heavy atom. The van der Waals surface area contributed by atoms with Gasteiger partial charge in [-0.05, 0) is 43.4 Å². The van der Waals surface area contributed by atoms with Crippen molar-refractivity contribution in [2.24, 2.45) is 4.99 Å². The van der Waals surface area contributed by atoms with Crippen LogP contribution in [0.3, 0.4) is 0 Å². The van der Waals surface area contributed by atoms with Crippen molar-refractivity contribution >= 4 is 52.3 Å². The van der Waals surface area contributed by atoms with Crippen molar-refractivity contribution in [3.05, 3.63) is 28.8 Å². The number of aliphatic imine (C=N–C) groups is 1. The zero-order valence-electron chi connectivity index (χ0n) is 16.3. The summed E-state index contributed by atoms with van der Waals surface area (Å²) >= 11 is 6.29. The highest BCUT2D eigenvalue weighted by Gasteiger charge is 2.25. The van der Waals surface area contributed by atoms with Gasteiger partial charge in [-0.2, -0.15) is 0 Å². The van der Waals surface area contributed by atoms with E-state index in [1.165, 1.54) is 0 Å². The minimum atomic E-state index is -0.712. The van der Waals surface area contributed by atoms with Gasteiger partial charge in [0.1, 0.15) is 5.75 Å². The predicted molar refractivity (Wildman–Crippen MR) is 126 cm³/mol. The van der Waals surface area contributed by atoms with Crippen molar-refractivity contribution in [3.63, 3.8) is 0 Å². The van der Waals surface area contributed by atoms with Crippen molar-refractivity contribution in [1.82, 2.24) is 10.6 Å². The lowest BCUT2D eigenvalue weighted by Crippen LogP contribution is -2.47. The molecular weight excluding hydrogens is 497 g/mol. The van der Waals surface area contributed by atoms with E-state index in [1.807, 2.05) is 25.1 Å². The normalized spacial score (nSPS) is 21.1. The summed E-state index contributed by atoms with van der Waals surface area (Å²) in [5.74, 6) is 2.30. The molecule has 3 atom stereocenters. The third-order valence-electron chi connectivity index (χ3n) is 4.79. The molecule has 2 rings (SSSR count). The van der Waals surface area contributed by atoms with Crippen LogP contribution in [-0.2, 0) is 17.2 Å². The van der Waals surface area contributed by atoms with Gasteiger partial charge in [0.25, 0.3) is 0 Å².